The van der Waals surface area contributed by atoms with E-state index in [9.17, 15) is 9.90 Å². The van der Waals surface area contributed by atoms with Gasteiger partial charge in [0.25, 0.3) is 5.91 Å². The highest BCUT2D eigenvalue weighted by Gasteiger charge is 2.13. The fourth-order valence-corrected chi connectivity index (χ4v) is 3.27. The van der Waals surface area contributed by atoms with Crippen LogP contribution in [-0.2, 0) is 0 Å². The summed E-state index contributed by atoms with van der Waals surface area (Å²) in [5, 5.41) is 16.2. The van der Waals surface area contributed by atoms with Crippen molar-refractivity contribution in [3.63, 3.8) is 0 Å². The third kappa shape index (κ3) is 3.90. The highest BCUT2D eigenvalue weighted by molar-refractivity contribution is 7.07. The minimum atomic E-state index is -0.696. The van der Waals surface area contributed by atoms with Crippen molar-refractivity contribution in [1.82, 2.24) is 4.68 Å². The molecule has 138 valence electrons. The minimum Gasteiger partial charge on any atom is -0.507 e. The Kier molecular flexibility index (Phi) is 5.37. The predicted octanol–water partition coefficient (Wildman–Crippen LogP) is 2.44. The number of aromatic nitrogens is 1. The predicted molar refractivity (Wildman–Crippen MR) is 105 cm³/mol. The summed E-state index contributed by atoms with van der Waals surface area (Å²) in [6.07, 6.45) is 1.71. The zero-order valence-corrected chi connectivity index (χ0v) is 15.6. The first-order valence-corrected chi connectivity index (χ1v) is 8.86. The number of nitrogens with two attached hydrogens (primary N) is 1. The van der Waals surface area contributed by atoms with Crippen molar-refractivity contribution in [3.05, 3.63) is 63.8 Å². The van der Waals surface area contributed by atoms with Crippen LogP contribution in [0.4, 0.5) is 0 Å². The maximum atomic E-state index is 11.5. The highest BCUT2D eigenvalue weighted by atomic mass is 32.1. The van der Waals surface area contributed by atoms with Gasteiger partial charge in [0, 0.05) is 18.0 Å². The molecular weight excluding hydrogens is 364 g/mol. The van der Waals surface area contributed by atoms with Crippen LogP contribution in [-0.4, -0.2) is 36.1 Å². The summed E-state index contributed by atoms with van der Waals surface area (Å²) in [7, 11) is 3.30. The van der Waals surface area contributed by atoms with Crippen LogP contribution in [0.2, 0.25) is 0 Å². The smallest absolute Gasteiger partial charge is 0.252 e. The minimum absolute atomic E-state index is 0.0550. The van der Waals surface area contributed by atoms with Crippen molar-refractivity contribution in [1.29, 1.82) is 0 Å². The molecule has 0 aliphatic carbocycles. The maximum absolute atomic E-state index is 11.5. The molecule has 3 rings (SSSR count). The molecule has 0 aliphatic heterocycles. The first-order chi connectivity index (χ1) is 13.0. The van der Waals surface area contributed by atoms with E-state index in [2.05, 4.69) is 10.1 Å². The third-order valence-corrected chi connectivity index (χ3v) is 4.78. The fraction of sp³-hybridized carbons (Fsp3) is 0.105. The molecule has 8 heteroatoms. The zero-order valence-electron chi connectivity index (χ0n) is 14.8. The highest BCUT2D eigenvalue weighted by Crippen LogP contribution is 2.26. The number of rotatable bonds is 5. The van der Waals surface area contributed by atoms with Crippen molar-refractivity contribution >= 4 is 23.5 Å². The number of hydrogen-bond acceptors (Lipinski definition) is 6. The molecule has 3 N–H and O–H groups in total. The molecular formula is C19H18N4O3S. The number of primary amides is 1. The van der Waals surface area contributed by atoms with Gasteiger partial charge in [-0.1, -0.05) is 0 Å². The summed E-state index contributed by atoms with van der Waals surface area (Å²) in [6, 6.07) is 12.2. The van der Waals surface area contributed by atoms with Gasteiger partial charge in [-0.25, -0.2) is 4.68 Å². The number of nitrogens with zero attached hydrogens (tertiary/aromatic N) is 3. The van der Waals surface area contributed by atoms with E-state index < -0.39 is 5.91 Å². The normalized spacial score (nSPS) is 11.9. The van der Waals surface area contributed by atoms with Crippen LogP contribution in [0, 0.1) is 0 Å². The van der Waals surface area contributed by atoms with E-state index in [0.717, 1.165) is 17.0 Å². The molecule has 0 saturated carbocycles. The SMILES string of the molecule is CN=c1scc(-c2ccc(O)c(C(N)=O)c2)n1/N=C/c1ccc(OC)cc1. The molecule has 0 radical (unpaired) electrons. The Balaban J connectivity index is 2.04. The molecule has 0 unspecified atom stereocenters. The van der Waals surface area contributed by atoms with E-state index in [1.54, 1.807) is 37.2 Å². The van der Waals surface area contributed by atoms with Crippen molar-refractivity contribution < 1.29 is 14.6 Å². The van der Waals surface area contributed by atoms with Gasteiger partial charge in [-0.3, -0.25) is 9.79 Å². The Bertz CT molecular complexity index is 1070. The van der Waals surface area contributed by atoms with Crippen molar-refractivity contribution in [3.8, 4) is 22.8 Å². The lowest BCUT2D eigenvalue weighted by molar-refractivity contribution is 0.0998. The van der Waals surface area contributed by atoms with Gasteiger partial charge in [-0.15, -0.1) is 11.3 Å². The Morgan fingerprint density at radius 3 is 2.63 bits per heavy atom. The number of ether oxygens (including phenoxy) is 1. The summed E-state index contributed by atoms with van der Waals surface area (Å²) in [5.74, 6) is -0.0863. The summed E-state index contributed by atoms with van der Waals surface area (Å²) in [4.78, 5) is 16.4. The summed E-state index contributed by atoms with van der Waals surface area (Å²) in [6.45, 7) is 0. The number of benzene rings is 2. The quantitative estimate of drug-likeness (QED) is 0.663. The van der Waals surface area contributed by atoms with Gasteiger partial charge in [0.15, 0.2) is 0 Å². The van der Waals surface area contributed by atoms with Crippen molar-refractivity contribution in [2.24, 2.45) is 15.8 Å². The number of methoxy groups -OCH3 is 1. The van der Waals surface area contributed by atoms with E-state index in [1.165, 1.54) is 17.4 Å². The lowest BCUT2D eigenvalue weighted by atomic mass is 10.1. The molecule has 1 aromatic heterocycles. The average Bonchev–Trinajstić information content (AvgIpc) is 3.09. The Hall–Kier alpha value is -3.39. The van der Waals surface area contributed by atoms with Gasteiger partial charge in [-0.05, 0) is 48.0 Å². The molecule has 0 saturated heterocycles. The number of carbonyl (C=O) groups excluding carboxylic acids is 1. The molecule has 3 aromatic rings. The molecule has 7 nitrogen and oxygen atoms in total. The average molecular weight is 382 g/mol. The second-order valence-corrected chi connectivity index (χ2v) is 6.39. The van der Waals surface area contributed by atoms with Crippen LogP contribution >= 0.6 is 11.3 Å². The van der Waals surface area contributed by atoms with Gasteiger partial charge < -0.3 is 15.6 Å². The fourth-order valence-electron chi connectivity index (χ4n) is 2.47. The van der Waals surface area contributed by atoms with Crippen LogP contribution < -0.4 is 15.3 Å². The molecule has 0 aliphatic rings. The number of amides is 1. The van der Waals surface area contributed by atoms with Gasteiger partial charge in [0.2, 0.25) is 4.80 Å². The zero-order chi connectivity index (χ0) is 19.4. The number of aromatic hydroxyl groups is 1. The summed E-state index contributed by atoms with van der Waals surface area (Å²) in [5.41, 5.74) is 7.70. The second kappa shape index (κ2) is 7.88. The topological polar surface area (TPSA) is 102 Å². The molecule has 0 bridgehead atoms. The molecule has 27 heavy (non-hydrogen) atoms. The molecule has 0 spiro atoms. The Labute approximate surface area is 159 Å². The molecule has 1 amide bonds. The number of thiazole rings is 1. The van der Waals surface area contributed by atoms with E-state index in [0.29, 0.717) is 10.4 Å². The monoisotopic (exact) mass is 382 g/mol. The lowest BCUT2D eigenvalue weighted by Crippen LogP contribution is -2.13. The largest absolute Gasteiger partial charge is 0.507 e. The van der Waals surface area contributed by atoms with Gasteiger partial charge in [-0.2, -0.15) is 5.10 Å². The Morgan fingerprint density at radius 1 is 1.26 bits per heavy atom. The van der Waals surface area contributed by atoms with Gasteiger partial charge in [0.05, 0.1) is 24.6 Å². The molecule has 2 aromatic carbocycles. The standard InChI is InChI=1S/C19H18N4O3S/c1-21-19-23(22-10-12-3-6-14(26-2)7-4-12)16(11-27-19)13-5-8-17(24)15(9-13)18(20)25/h3-11,24H,1-2H3,(H2,20,25)/b21-19?,22-10+. The molecule has 1 heterocycles. The van der Waals surface area contributed by atoms with Crippen LogP contribution in [0.1, 0.15) is 15.9 Å². The first kappa shape index (κ1) is 18.4. The van der Waals surface area contributed by atoms with E-state index in [-0.39, 0.29) is 11.3 Å². The second-order valence-electron chi connectivity index (χ2n) is 5.55. The van der Waals surface area contributed by atoms with Crippen LogP contribution in [0.15, 0.2) is 57.9 Å². The lowest BCUT2D eigenvalue weighted by Gasteiger charge is -2.06. The van der Waals surface area contributed by atoms with Crippen LogP contribution in [0.5, 0.6) is 11.5 Å². The Morgan fingerprint density at radius 2 is 2.00 bits per heavy atom. The maximum Gasteiger partial charge on any atom is 0.252 e. The molecule has 0 atom stereocenters. The van der Waals surface area contributed by atoms with Crippen LogP contribution in [0.25, 0.3) is 11.3 Å². The van der Waals surface area contributed by atoms with Crippen LogP contribution in [0.3, 0.4) is 0 Å². The van der Waals surface area contributed by atoms with Gasteiger partial charge in [0.1, 0.15) is 11.5 Å². The van der Waals surface area contributed by atoms with E-state index in [1.807, 2.05) is 29.6 Å². The summed E-state index contributed by atoms with van der Waals surface area (Å²) >= 11 is 1.41. The molecule has 0 fully saturated rings. The van der Waals surface area contributed by atoms with Crippen molar-refractivity contribution in [2.45, 2.75) is 0 Å². The van der Waals surface area contributed by atoms with E-state index >= 15 is 0 Å². The van der Waals surface area contributed by atoms with Crippen molar-refractivity contribution in [2.75, 3.05) is 14.2 Å². The summed E-state index contributed by atoms with van der Waals surface area (Å²) < 4.78 is 6.82. The van der Waals surface area contributed by atoms with Gasteiger partial charge >= 0.3 is 0 Å². The number of carbonyl (C=O) groups is 1. The number of hydrogen-bond donors (Lipinski definition) is 2. The number of phenols is 1. The first-order valence-electron chi connectivity index (χ1n) is 7.98. The third-order valence-electron chi connectivity index (χ3n) is 3.87. The van der Waals surface area contributed by atoms with E-state index in [4.69, 9.17) is 10.5 Å².